The molecular weight excluding hydrogens is 375 g/mol. The predicted octanol–water partition coefficient (Wildman–Crippen LogP) is 3.01. The molecule has 1 aliphatic heterocycles. The van der Waals surface area contributed by atoms with Crippen molar-refractivity contribution in [1.29, 1.82) is 0 Å². The van der Waals surface area contributed by atoms with Crippen LogP contribution in [0.4, 0.5) is 13.2 Å². The summed E-state index contributed by atoms with van der Waals surface area (Å²) < 4.78 is 48.5. The van der Waals surface area contributed by atoms with Gasteiger partial charge in [0.05, 0.1) is 17.9 Å². The molecule has 0 unspecified atom stereocenters. The molecule has 152 valence electrons. The number of hydrogen-bond acceptors (Lipinski definition) is 4. The van der Waals surface area contributed by atoms with E-state index >= 15 is 0 Å². The van der Waals surface area contributed by atoms with Crippen LogP contribution in [0.2, 0.25) is 0 Å². The molecule has 6 nitrogen and oxygen atoms in total. The maximum Gasteiger partial charge on any atom is 0.416 e. The van der Waals surface area contributed by atoms with E-state index in [2.05, 4.69) is 10.2 Å². The number of aromatic nitrogens is 2. The number of carbonyl (C=O) groups is 1. The van der Waals surface area contributed by atoms with Crippen LogP contribution in [0.3, 0.4) is 0 Å². The molecule has 9 heteroatoms. The number of hydrogen-bond donors (Lipinski definition) is 1. The van der Waals surface area contributed by atoms with Gasteiger partial charge in [-0.1, -0.05) is 6.07 Å². The smallest absolute Gasteiger partial charge is 0.416 e. The zero-order chi connectivity index (χ0) is 20.1. The topological polar surface area (TPSA) is 67.4 Å². The zero-order valence-electron chi connectivity index (χ0n) is 15.5. The number of aromatic amines is 1. The third-order valence-electron chi connectivity index (χ3n) is 4.68. The van der Waals surface area contributed by atoms with Crippen LogP contribution in [0.25, 0.3) is 0 Å². The molecule has 1 fully saturated rings. The van der Waals surface area contributed by atoms with Crippen LogP contribution >= 0.6 is 0 Å². The van der Waals surface area contributed by atoms with Crippen molar-refractivity contribution in [2.24, 2.45) is 0 Å². The lowest BCUT2D eigenvalue weighted by atomic mass is 10.0. The molecule has 1 amide bonds. The lowest BCUT2D eigenvalue weighted by Gasteiger charge is -2.15. The Bertz CT molecular complexity index is 807. The van der Waals surface area contributed by atoms with Gasteiger partial charge in [-0.15, -0.1) is 0 Å². The van der Waals surface area contributed by atoms with Crippen molar-refractivity contribution in [3.05, 3.63) is 47.3 Å². The molecule has 1 aliphatic rings. The van der Waals surface area contributed by atoms with E-state index in [1.54, 1.807) is 4.90 Å². The van der Waals surface area contributed by atoms with Crippen molar-refractivity contribution in [2.75, 3.05) is 33.4 Å². The van der Waals surface area contributed by atoms with E-state index in [1.165, 1.54) is 19.2 Å². The maximum absolute atomic E-state index is 12.7. The second-order valence-corrected chi connectivity index (χ2v) is 6.70. The summed E-state index contributed by atoms with van der Waals surface area (Å²) in [7, 11) is 1.49. The van der Waals surface area contributed by atoms with E-state index in [0.717, 1.165) is 29.9 Å². The summed E-state index contributed by atoms with van der Waals surface area (Å²) in [5.41, 5.74) is 0.980. The van der Waals surface area contributed by atoms with E-state index in [9.17, 15) is 18.0 Å². The molecule has 0 saturated carbocycles. The van der Waals surface area contributed by atoms with Crippen LogP contribution in [0.5, 0.6) is 5.75 Å². The Kier molecular flexibility index (Phi) is 6.23. The highest BCUT2D eigenvalue weighted by molar-refractivity contribution is 5.77. The number of likely N-dealkylation sites (tertiary alicyclic amines) is 1. The third kappa shape index (κ3) is 5.03. The maximum atomic E-state index is 12.7. The molecule has 1 saturated heterocycles. The molecule has 2 aromatic rings. The number of H-pyrrole nitrogens is 1. The number of benzene rings is 1. The van der Waals surface area contributed by atoms with Crippen molar-refractivity contribution in [2.45, 2.75) is 24.9 Å². The van der Waals surface area contributed by atoms with Crippen LogP contribution in [-0.2, 0) is 22.1 Å². The predicted molar refractivity (Wildman–Crippen MR) is 95.0 cm³/mol. The number of nitrogens with one attached hydrogen (secondary N) is 1. The molecule has 1 atom stereocenters. The third-order valence-corrected chi connectivity index (χ3v) is 4.68. The van der Waals surface area contributed by atoms with Crippen LogP contribution in [0.1, 0.15) is 29.3 Å². The minimum atomic E-state index is -4.39. The van der Waals surface area contributed by atoms with Gasteiger partial charge < -0.3 is 14.4 Å². The fourth-order valence-corrected chi connectivity index (χ4v) is 3.20. The molecule has 0 bridgehead atoms. The molecule has 0 aliphatic carbocycles. The summed E-state index contributed by atoms with van der Waals surface area (Å²) in [6.45, 7) is 1.58. The van der Waals surface area contributed by atoms with Crippen LogP contribution in [0.15, 0.2) is 30.3 Å². The van der Waals surface area contributed by atoms with Crippen LogP contribution < -0.4 is 4.74 Å². The van der Waals surface area contributed by atoms with Gasteiger partial charge in [-0.2, -0.15) is 18.3 Å². The van der Waals surface area contributed by atoms with Gasteiger partial charge in [-0.3, -0.25) is 9.89 Å². The van der Waals surface area contributed by atoms with Gasteiger partial charge in [0.2, 0.25) is 5.91 Å². The summed E-state index contributed by atoms with van der Waals surface area (Å²) in [6, 6.07) is 6.74. The largest absolute Gasteiger partial charge is 0.493 e. The SMILES string of the molecule is COCC(=O)N1CC[C@@H](c2cc(CCOc3cccc(C(F)(F)F)c3)[nH]n2)C1. The zero-order valence-corrected chi connectivity index (χ0v) is 15.5. The summed E-state index contributed by atoms with van der Waals surface area (Å²) in [5.74, 6) is 0.308. The molecule has 1 aromatic heterocycles. The average molecular weight is 397 g/mol. The van der Waals surface area contributed by atoms with Crippen molar-refractivity contribution in [3.63, 3.8) is 0 Å². The first-order valence-electron chi connectivity index (χ1n) is 8.98. The molecule has 3 rings (SSSR count). The summed E-state index contributed by atoms with van der Waals surface area (Å²) in [5, 5.41) is 7.25. The molecule has 1 aromatic carbocycles. The van der Waals surface area contributed by atoms with Crippen LogP contribution in [-0.4, -0.2) is 54.4 Å². The Morgan fingerprint density at radius 3 is 2.93 bits per heavy atom. The van der Waals surface area contributed by atoms with E-state index in [4.69, 9.17) is 9.47 Å². The number of nitrogens with zero attached hydrogens (tertiary/aromatic N) is 2. The van der Waals surface area contributed by atoms with E-state index in [-0.39, 0.29) is 30.8 Å². The fourth-order valence-electron chi connectivity index (χ4n) is 3.20. The monoisotopic (exact) mass is 397 g/mol. The standard InChI is InChI=1S/C19H22F3N3O3/c1-27-12-18(26)25-7-5-13(11-25)17-10-15(23-24-17)6-8-28-16-4-2-3-14(9-16)19(20,21)22/h2-4,9-10,13H,5-8,11-12H2,1H3,(H,23,24)/t13-/m1/s1. The molecule has 1 N–H and O–H groups in total. The number of carbonyl (C=O) groups excluding carboxylic acids is 1. The number of ether oxygens (including phenoxy) is 2. The van der Waals surface area contributed by atoms with Gasteiger partial charge in [0, 0.05) is 38.2 Å². The van der Waals surface area contributed by atoms with Gasteiger partial charge in [0.25, 0.3) is 0 Å². The van der Waals surface area contributed by atoms with Gasteiger partial charge in [-0.05, 0) is 30.7 Å². The number of alkyl halides is 3. The van der Waals surface area contributed by atoms with Gasteiger partial charge in [0.1, 0.15) is 12.4 Å². The van der Waals surface area contributed by atoms with E-state index in [1.807, 2.05) is 6.07 Å². The van der Waals surface area contributed by atoms with Gasteiger partial charge in [0.15, 0.2) is 0 Å². The normalized spacial score (nSPS) is 17.1. The Labute approximate surface area is 160 Å². The minimum Gasteiger partial charge on any atom is -0.493 e. The highest BCUT2D eigenvalue weighted by Crippen LogP contribution is 2.31. The highest BCUT2D eigenvalue weighted by atomic mass is 19.4. The summed E-state index contributed by atoms with van der Waals surface area (Å²) >= 11 is 0. The minimum absolute atomic E-state index is 0.0322. The quantitative estimate of drug-likeness (QED) is 0.780. The second kappa shape index (κ2) is 8.64. The first-order valence-corrected chi connectivity index (χ1v) is 8.98. The molecule has 28 heavy (non-hydrogen) atoms. The van der Waals surface area contributed by atoms with Crippen molar-refractivity contribution in [1.82, 2.24) is 15.1 Å². The summed E-state index contributed by atoms with van der Waals surface area (Å²) in [4.78, 5) is 13.6. The van der Waals surface area contributed by atoms with Crippen LogP contribution in [0, 0.1) is 0 Å². The number of rotatable bonds is 7. The average Bonchev–Trinajstić information content (AvgIpc) is 3.31. The Morgan fingerprint density at radius 2 is 2.18 bits per heavy atom. The highest BCUT2D eigenvalue weighted by Gasteiger charge is 2.31. The Hall–Kier alpha value is -2.55. The van der Waals surface area contributed by atoms with E-state index < -0.39 is 11.7 Å². The molecule has 0 radical (unpaired) electrons. The second-order valence-electron chi connectivity index (χ2n) is 6.70. The van der Waals surface area contributed by atoms with Gasteiger partial charge >= 0.3 is 6.18 Å². The van der Waals surface area contributed by atoms with Crippen molar-refractivity contribution in [3.8, 4) is 5.75 Å². The first-order chi connectivity index (χ1) is 13.4. The lowest BCUT2D eigenvalue weighted by Crippen LogP contribution is -2.31. The molecule has 2 heterocycles. The number of methoxy groups -OCH3 is 1. The molecule has 0 spiro atoms. The van der Waals surface area contributed by atoms with Crippen molar-refractivity contribution < 1.29 is 27.4 Å². The van der Waals surface area contributed by atoms with Gasteiger partial charge in [-0.25, -0.2) is 0 Å². The Morgan fingerprint density at radius 1 is 1.36 bits per heavy atom. The van der Waals surface area contributed by atoms with E-state index in [0.29, 0.717) is 19.5 Å². The summed E-state index contributed by atoms with van der Waals surface area (Å²) in [6.07, 6.45) is -3.07. The lowest BCUT2D eigenvalue weighted by molar-refractivity contribution is -0.137. The number of halogens is 3. The number of amides is 1. The Balaban J connectivity index is 1.50. The first kappa shape index (κ1) is 20.2. The molecular formula is C19H22F3N3O3. The fraction of sp³-hybridized carbons (Fsp3) is 0.474. The van der Waals surface area contributed by atoms with Crippen molar-refractivity contribution >= 4 is 5.91 Å².